The van der Waals surface area contributed by atoms with Gasteiger partial charge in [0, 0.05) is 29.7 Å². The fourth-order valence-corrected chi connectivity index (χ4v) is 6.11. The first-order chi connectivity index (χ1) is 18.7. The predicted octanol–water partition coefficient (Wildman–Crippen LogP) is 5.95. The van der Waals surface area contributed by atoms with E-state index in [1.807, 2.05) is 30.3 Å². The smallest absolute Gasteiger partial charge is 0.328 e. The Labute approximate surface area is 232 Å². The number of nitrogens with one attached hydrogen (secondary N) is 1. The Morgan fingerprint density at radius 2 is 1.69 bits per heavy atom. The SMILES string of the molecule is [C-]#[N+]C(O)C1CCCCC1C(=O)N(c1ccc(C(C)(C)C)cc1)C(C(=O)NC1CCCCC1)c1cccnc1. The number of aliphatic hydroxyl groups is 1. The van der Waals surface area contributed by atoms with Crippen LogP contribution in [0.5, 0.6) is 0 Å². The summed E-state index contributed by atoms with van der Waals surface area (Å²) in [5, 5.41) is 13.8. The summed E-state index contributed by atoms with van der Waals surface area (Å²) in [4.78, 5) is 37.9. The lowest BCUT2D eigenvalue weighted by Gasteiger charge is -2.38. The van der Waals surface area contributed by atoms with Crippen LogP contribution in [0.2, 0.25) is 0 Å². The third-order valence-corrected chi connectivity index (χ3v) is 8.36. The number of aromatic nitrogens is 1. The summed E-state index contributed by atoms with van der Waals surface area (Å²) in [5.74, 6) is -1.46. The standard InChI is InChI=1S/C32H42N4O3/c1-32(2,3)23-16-18-25(19-17-23)36(31(39)27-15-9-8-14-26(27)29(37)33-4)28(22-11-10-20-34-21-22)30(38)35-24-12-6-5-7-13-24/h10-11,16-21,24,26-29,37H,5-9,12-15H2,1-3H3,(H,35,38). The molecule has 2 aromatic rings. The van der Waals surface area contributed by atoms with Crippen molar-refractivity contribution in [3.8, 4) is 0 Å². The number of benzene rings is 1. The zero-order valence-electron chi connectivity index (χ0n) is 23.5. The van der Waals surface area contributed by atoms with E-state index in [9.17, 15) is 14.7 Å². The van der Waals surface area contributed by atoms with Crippen molar-refractivity contribution < 1.29 is 14.7 Å². The van der Waals surface area contributed by atoms with Gasteiger partial charge in [-0.2, -0.15) is 0 Å². The van der Waals surface area contributed by atoms with Crippen LogP contribution >= 0.6 is 0 Å². The average Bonchev–Trinajstić information content (AvgIpc) is 2.95. The van der Waals surface area contributed by atoms with E-state index in [0.29, 0.717) is 24.1 Å². The maximum absolute atomic E-state index is 14.5. The van der Waals surface area contributed by atoms with Gasteiger partial charge in [0.05, 0.1) is 11.8 Å². The molecule has 2 aliphatic carbocycles. The van der Waals surface area contributed by atoms with E-state index in [1.165, 1.54) is 6.42 Å². The minimum atomic E-state index is -1.24. The summed E-state index contributed by atoms with van der Waals surface area (Å²) in [5.41, 5.74) is 2.32. The van der Waals surface area contributed by atoms with Crippen LogP contribution < -0.4 is 10.2 Å². The number of aliphatic hydroxyl groups excluding tert-OH is 1. The van der Waals surface area contributed by atoms with Crippen LogP contribution in [0.1, 0.15) is 95.7 Å². The maximum Gasteiger partial charge on any atom is 0.328 e. The van der Waals surface area contributed by atoms with Crippen molar-refractivity contribution in [2.45, 2.75) is 102 Å². The highest BCUT2D eigenvalue weighted by molar-refractivity contribution is 6.02. The molecule has 2 saturated carbocycles. The fourth-order valence-electron chi connectivity index (χ4n) is 6.11. The first-order valence-electron chi connectivity index (χ1n) is 14.4. The van der Waals surface area contributed by atoms with Crippen molar-refractivity contribution in [1.29, 1.82) is 0 Å². The molecule has 208 valence electrons. The van der Waals surface area contributed by atoms with Gasteiger partial charge < -0.3 is 10.4 Å². The van der Waals surface area contributed by atoms with Crippen LogP contribution in [0.25, 0.3) is 4.85 Å². The Kier molecular flexibility index (Phi) is 9.40. The fraction of sp³-hybridized carbons (Fsp3) is 0.562. The van der Waals surface area contributed by atoms with Crippen LogP contribution in [0.15, 0.2) is 48.8 Å². The van der Waals surface area contributed by atoms with Gasteiger partial charge in [-0.25, -0.2) is 6.57 Å². The highest BCUT2D eigenvalue weighted by Crippen LogP contribution is 2.39. The molecule has 0 saturated heterocycles. The molecule has 0 radical (unpaired) electrons. The lowest BCUT2D eigenvalue weighted by molar-refractivity contribution is -0.131. The summed E-state index contributed by atoms with van der Waals surface area (Å²) in [6.45, 7) is 13.9. The number of hydrogen-bond acceptors (Lipinski definition) is 4. The van der Waals surface area contributed by atoms with Gasteiger partial charge in [0.25, 0.3) is 0 Å². The van der Waals surface area contributed by atoms with E-state index >= 15 is 0 Å². The molecule has 7 nitrogen and oxygen atoms in total. The van der Waals surface area contributed by atoms with Crippen molar-refractivity contribution in [3.63, 3.8) is 0 Å². The molecule has 1 heterocycles. The molecule has 1 aromatic carbocycles. The average molecular weight is 531 g/mol. The molecule has 7 heteroatoms. The van der Waals surface area contributed by atoms with E-state index in [0.717, 1.165) is 44.1 Å². The van der Waals surface area contributed by atoms with Crippen LogP contribution in [0.3, 0.4) is 0 Å². The monoisotopic (exact) mass is 530 g/mol. The zero-order chi connectivity index (χ0) is 28.0. The third kappa shape index (κ3) is 6.86. The van der Waals surface area contributed by atoms with Gasteiger partial charge in [-0.05, 0) is 54.9 Å². The van der Waals surface area contributed by atoms with Gasteiger partial charge in [0.15, 0.2) is 0 Å². The van der Waals surface area contributed by atoms with Gasteiger partial charge in [-0.15, -0.1) is 0 Å². The minimum absolute atomic E-state index is 0.0668. The van der Waals surface area contributed by atoms with Gasteiger partial charge in [-0.3, -0.25) is 24.3 Å². The molecule has 4 unspecified atom stereocenters. The Bertz CT molecular complexity index is 1150. The Morgan fingerprint density at radius 3 is 2.31 bits per heavy atom. The topological polar surface area (TPSA) is 86.9 Å². The number of pyridine rings is 1. The highest BCUT2D eigenvalue weighted by atomic mass is 16.3. The second-order valence-corrected chi connectivity index (χ2v) is 12.1. The Morgan fingerprint density at radius 1 is 1.03 bits per heavy atom. The number of anilines is 1. The van der Waals surface area contributed by atoms with E-state index in [2.05, 4.69) is 35.9 Å². The van der Waals surface area contributed by atoms with Crippen LogP contribution in [-0.4, -0.2) is 34.2 Å². The molecule has 4 atom stereocenters. The Hall–Kier alpha value is -3.24. The summed E-state index contributed by atoms with van der Waals surface area (Å²) in [7, 11) is 0. The molecule has 2 aliphatic rings. The first kappa shape index (κ1) is 28.8. The molecule has 4 rings (SSSR count). The van der Waals surface area contributed by atoms with E-state index < -0.39 is 24.1 Å². The van der Waals surface area contributed by atoms with Crippen molar-refractivity contribution in [3.05, 3.63) is 71.3 Å². The molecule has 1 aromatic heterocycles. The molecular weight excluding hydrogens is 488 g/mol. The molecule has 0 bridgehead atoms. The summed E-state index contributed by atoms with van der Waals surface area (Å²) in [6, 6.07) is 10.7. The molecule has 0 spiro atoms. The second kappa shape index (κ2) is 12.7. The molecular formula is C32H42N4O3. The Balaban J connectivity index is 1.79. The van der Waals surface area contributed by atoms with E-state index in [1.54, 1.807) is 23.4 Å². The number of nitrogens with zero attached hydrogens (tertiary/aromatic N) is 3. The molecule has 0 aliphatic heterocycles. The number of carbonyl (C=O) groups excluding carboxylic acids is 2. The summed E-state index contributed by atoms with van der Waals surface area (Å²) in [6.07, 6.45) is 10.2. The lowest BCUT2D eigenvalue weighted by atomic mass is 9.77. The van der Waals surface area contributed by atoms with Crippen LogP contribution in [0.4, 0.5) is 5.69 Å². The van der Waals surface area contributed by atoms with Crippen molar-refractivity contribution >= 4 is 17.5 Å². The van der Waals surface area contributed by atoms with Gasteiger partial charge in [0.2, 0.25) is 11.8 Å². The lowest BCUT2D eigenvalue weighted by Crippen LogP contribution is -2.50. The minimum Gasteiger partial charge on any atom is -0.351 e. The largest absolute Gasteiger partial charge is 0.351 e. The van der Waals surface area contributed by atoms with Crippen molar-refractivity contribution in [2.75, 3.05) is 4.90 Å². The van der Waals surface area contributed by atoms with E-state index in [-0.39, 0.29) is 23.3 Å². The molecule has 2 amide bonds. The second-order valence-electron chi connectivity index (χ2n) is 12.1. The number of carbonyl (C=O) groups is 2. The van der Waals surface area contributed by atoms with Crippen LogP contribution in [0, 0.1) is 18.4 Å². The van der Waals surface area contributed by atoms with Gasteiger partial charge in [0.1, 0.15) is 6.04 Å². The quantitative estimate of drug-likeness (QED) is 0.433. The van der Waals surface area contributed by atoms with E-state index in [4.69, 9.17) is 6.57 Å². The van der Waals surface area contributed by atoms with Crippen molar-refractivity contribution in [2.24, 2.45) is 11.8 Å². The highest BCUT2D eigenvalue weighted by Gasteiger charge is 2.44. The third-order valence-electron chi connectivity index (χ3n) is 8.36. The summed E-state index contributed by atoms with van der Waals surface area (Å²) < 4.78 is 0. The maximum atomic E-state index is 14.5. The number of amides is 2. The molecule has 39 heavy (non-hydrogen) atoms. The van der Waals surface area contributed by atoms with Gasteiger partial charge in [-0.1, -0.05) is 71.1 Å². The number of rotatable bonds is 7. The summed E-state index contributed by atoms with van der Waals surface area (Å²) >= 11 is 0. The first-order valence-corrected chi connectivity index (χ1v) is 14.4. The van der Waals surface area contributed by atoms with Gasteiger partial charge >= 0.3 is 6.23 Å². The number of hydrogen-bond donors (Lipinski definition) is 2. The predicted molar refractivity (Wildman–Crippen MR) is 153 cm³/mol. The van der Waals surface area contributed by atoms with Crippen LogP contribution in [-0.2, 0) is 15.0 Å². The zero-order valence-corrected chi connectivity index (χ0v) is 23.5. The normalized spacial score (nSPS) is 21.8. The molecule has 2 fully saturated rings. The molecule has 2 N–H and O–H groups in total. The van der Waals surface area contributed by atoms with Crippen molar-refractivity contribution in [1.82, 2.24) is 10.3 Å².